The summed E-state index contributed by atoms with van der Waals surface area (Å²) in [5, 5.41) is 0.575. The number of nitrogens with zero attached hydrogens (tertiary/aromatic N) is 1. The van der Waals surface area contributed by atoms with Crippen LogP contribution in [-0.4, -0.2) is 41.6 Å². The lowest BCUT2D eigenvalue weighted by molar-refractivity contribution is -0.142. The predicted octanol–water partition coefficient (Wildman–Crippen LogP) is 4.10. The van der Waals surface area contributed by atoms with Gasteiger partial charge in [-0.05, 0) is 43.7 Å². The molecule has 0 aliphatic carbocycles. The highest BCUT2D eigenvalue weighted by atomic mass is 35.5. The molecule has 0 radical (unpaired) electrons. The van der Waals surface area contributed by atoms with E-state index in [0.717, 1.165) is 10.5 Å². The summed E-state index contributed by atoms with van der Waals surface area (Å²) in [6.07, 6.45) is 0.202. The molecule has 0 saturated heterocycles. The number of hydrogen-bond donors (Lipinski definition) is 0. The van der Waals surface area contributed by atoms with E-state index >= 15 is 0 Å². The van der Waals surface area contributed by atoms with Gasteiger partial charge in [0.25, 0.3) is 11.8 Å². The number of aryl methyl sites for hydroxylation is 1. The van der Waals surface area contributed by atoms with Gasteiger partial charge in [0, 0.05) is 23.6 Å². The molecule has 0 aromatic heterocycles. The Morgan fingerprint density at radius 1 is 1.00 bits per heavy atom. The van der Waals surface area contributed by atoms with Gasteiger partial charge in [0.1, 0.15) is 0 Å². The second kappa shape index (κ2) is 8.76. The average molecular weight is 434 g/mol. The summed E-state index contributed by atoms with van der Waals surface area (Å²) in [5.41, 5.74) is 1.85. The molecule has 0 atom stereocenters. The number of halogens is 2. The maximum atomic E-state index is 12.4. The minimum absolute atomic E-state index is 0.0337. The number of amides is 2. The molecule has 0 bridgehead atoms. The first-order valence-corrected chi connectivity index (χ1v) is 9.64. The normalized spacial score (nSPS) is 12.9. The van der Waals surface area contributed by atoms with Crippen LogP contribution in [0.3, 0.4) is 0 Å². The first kappa shape index (κ1) is 21.0. The van der Waals surface area contributed by atoms with E-state index in [9.17, 15) is 19.2 Å². The van der Waals surface area contributed by atoms with Crippen molar-refractivity contribution in [2.45, 2.75) is 19.8 Å². The van der Waals surface area contributed by atoms with Crippen molar-refractivity contribution in [1.29, 1.82) is 0 Å². The van der Waals surface area contributed by atoms with Crippen molar-refractivity contribution in [3.63, 3.8) is 0 Å². The van der Waals surface area contributed by atoms with Gasteiger partial charge in [-0.2, -0.15) is 0 Å². The van der Waals surface area contributed by atoms with Crippen molar-refractivity contribution in [2.75, 3.05) is 13.2 Å². The van der Waals surface area contributed by atoms with Crippen molar-refractivity contribution in [3.8, 4) is 0 Å². The molecule has 1 aliphatic rings. The van der Waals surface area contributed by atoms with E-state index in [1.54, 1.807) is 18.2 Å². The molecule has 0 spiro atoms. The number of hydrogen-bond acceptors (Lipinski definition) is 5. The SMILES string of the molecule is Cc1ccc2c(c1)C(=O)N(CCCC(=O)OCC(=O)c1ccc(Cl)cc1Cl)C2=O. The number of rotatable bonds is 7. The van der Waals surface area contributed by atoms with Crippen LogP contribution in [0.25, 0.3) is 0 Å². The van der Waals surface area contributed by atoms with Gasteiger partial charge in [-0.3, -0.25) is 24.1 Å². The summed E-state index contributed by atoms with van der Waals surface area (Å²) in [6.45, 7) is 1.49. The molecule has 29 heavy (non-hydrogen) atoms. The van der Waals surface area contributed by atoms with E-state index in [0.29, 0.717) is 16.1 Å². The molecular weight excluding hydrogens is 417 g/mol. The molecule has 2 aromatic carbocycles. The van der Waals surface area contributed by atoms with Crippen LogP contribution < -0.4 is 0 Å². The molecular formula is C21H17Cl2NO5. The Morgan fingerprint density at radius 2 is 1.72 bits per heavy atom. The zero-order valence-electron chi connectivity index (χ0n) is 15.5. The molecule has 0 unspecified atom stereocenters. The van der Waals surface area contributed by atoms with Crippen molar-refractivity contribution in [2.24, 2.45) is 0 Å². The van der Waals surface area contributed by atoms with Gasteiger partial charge in [0.15, 0.2) is 6.61 Å². The van der Waals surface area contributed by atoms with E-state index in [2.05, 4.69) is 0 Å². The van der Waals surface area contributed by atoms with Gasteiger partial charge in [-0.25, -0.2) is 0 Å². The van der Waals surface area contributed by atoms with E-state index in [1.807, 2.05) is 6.92 Å². The van der Waals surface area contributed by atoms with Crippen molar-refractivity contribution < 1.29 is 23.9 Å². The monoisotopic (exact) mass is 433 g/mol. The lowest BCUT2D eigenvalue weighted by Crippen LogP contribution is -2.31. The highest BCUT2D eigenvalue weighted by Gasteiger charge is 2.35. The summed E-state index contributed by atoms with van der Waals surface area (Å²) in [7, 11) is 0. The van der Waals surface area contributed by atoms with Crippen LogP contribution in [-0.2, 0) is 9.53 Å². The Hall–Kier alpha value is -2.70. The van der Waals surface area contributed by atoms with E-state index < -0.39 is 18.4 Å². The van der Waals surface area contributed by atoms with Gasteiger partial charge >= 0.3 is 5.97 Å². The molecule has 8 heteroatoms. The number of imide groups is 1. The fourth-order valence-electron chi connectivity index (χ4n) is 3.00. The van der Waals surface area contributed by atoms with Crippen LogP contribution in [0, 0.1) is 6.92 Å². The highest BCUT2D eigenvalue weighted by Crippen LogP contribution is 2.24. The third kappa shape index (κ3) is 4.66. The zero-order chi connectivity index (χ0) is 21.1. The number of ketones is 1. The molecule has 2 amide bonds. The number of Topliss-reactive ketones (excluding diaryl/α,β-unsaturated/α-hetero) is 1. The van der Waals surface area contributed by atoms with Crippen LogP contribution in [0.2, 0.25) is 10.0 Å². The number of ether oxygens (including phenoxy) is 1. The van der Waals surface area contributed by atoms with Crippen LogP contribution in [0.4, 0.5) is 0 Å². The first-order chi connectivity index (χ1) is 13.8. The Labute approximate surface area is 177 Å². The van der Waals surface area contributed by atoms with Gasteiger partial charge < -0.3 is 4.74 Å². The van der Waals surface area contributed by atoms with Crippen LogP contribution in [0.5, 0.6) is 0 Å². The van der Waals surface area contributed by atoms with Crippen molar-refractivity contribution in [3.05, 3.63) is 68.7 Å². The van der Waals surface area contributed by atoms with Crippen LogP contribution in [0.1, 0.15) is 49.5 Å². The lowest BCUT2D eigenvalue weighted by atomic mass is 10.1. The summed E-state index contributed by atoms with van der Waals surface area (Å²) in [5.74, 6) is -1.79. The van der Waals surface area contributed by atoms with E-state index in [1.165, 1.54) is 18.2 Å². The molecule has 150 valence electrons. The van der Waals surface area contributed by atoms with Crippen LogP contribution in [0.15, 0.2) is 36.4 Å². The lowest BCUT2D eigenvalue weighted by Gasteiger charge is -2.13. The van der Waals surface area contributed by atoms with Crippen molar-refractivity contribution in [1.82, 2.24) is 4.90 Å². The zero-order valence-corrected chi connectivity index (χ0v) is 17.0. The molecule has 0 fully saturated rings. The number of carbonyl (C=O) groups excluding carboxylic acids is 4. The molecule has 0 saturated carbocycles. The van der Waals surface area contributed by atoms with Crippen molar-refractivity contribution >= 4 is 46.8 Å². The third-order valence-corrected chi connectivity index (χ3v) is 5.03. The second-order valence-corrected chi connectivity index (χ2v) is 7.47. The number of benzene rings is 2. The summed E-state index contributed by atoms with van der Waals surface area (Å²) < 4.78 is 4.97. The highest BCUT2D eigenvalue weighted by molar-refractivity contribution is 6.36. The maximum absolute atomic E-state index is 12.4. The minimum atomic E-state index is -0.601. The summed E-state index contributed by atoms with van der Waals surface area (Å²) in [6, 6.07) is 9.50. The Balaban J connectivity index is 1.47. The number of carbonyl (C=O) groups is 4. The van der Waals surface area contributed by atoms with Gasteiger partial charge in [-0.1, -0.05) is 34.8 Å². The summed E-state index contributed by atoms with van der Waals surface area (Å²) in [4.78, 5) is 49.9. The second-order valence-electron chi connectivity index (χ2n) is 6.62. The Bertz CT molecular complexity index is 1020. The molecule has 6 nitrogen and oxygen atoms in total. The molecule has 1 heterocycles. The smallest absolute Gasteiger partial charge is 0.306 e. The molecule has 3 rings (SSSR count). The fraction of sp³-hybridized carbons (Fsp3) is 0.238. The van der Waals surface area contributed by atoms with Gasteiger partial charge in [-0.15, -0.1) is 0 Å². The third-order valence-electron chi connectivity index (χ3n) is 4.48. The first-order valence-electron chi connectivity index (χ1n) is 8.88. The quantitative estimate of drug-likeness (QED) is 0.372. The fourth-order valence-corrected chi connectivity index (χ4v) is 3.51. The van der Waals surface area contributed by atoms with E-state index in [-0.39, 0.29) is 41.8 Å². The topological polar surface area (TPSA) is 80.8 Å². The van der Waals surface area contributed by atoms with Gasteiger partial charge in [0.2, 0.25) is 5.78 Å². The predicted molar refractivity (Wildman–Crippen MR) is 108 cm³/mol. The van der Waals surface area contributed by atoms with Gasteiger partial charge in [0.05, 0.1) is 16.1 Å². The maximum Gasteiger partial charge on any atom is 0.306 e. The molecule has 2 aromatic rings. The Kier molecular flexibility index (Phi) is 6.35. The minimum Gasteiger partial charge on any atom is -0.457 e. The standard InChI is InChI=1S/C21H17Cl2NO5/c1-12-4-6-14-16(9-12)21(28)24(20(14)27)8-2-3-19(26)29-11-18(25)15-7-5-13(22)10-17(15)23/h4-7,9-10H,2-3,8,11H2,1H3. The average Bonchev–Trinajstić information content (AvgIpc) is 2.90. The Morgan fingerprint density at radius 3 is 2.45 bits per heavy atom. The van der Waals surface area contributed by atoms with Crippen LogP contribution >= 0.6 is 23.2 Å². The number of esters is 1. The number of fused-ring (bicyclic) bond motifs is 1. The molecule has 1 aliphatic heterocycles. The molecule has 0 N–H and O–H groups in total. The summed E-state index contributed by atoms with van der Waals surface area (Å²) >= 11 is 11.7. The van der Waals surface area contributed by atoms with E-state index in [4.69, 9.17) is 27.9 Å². The largest absolute Gasteiger partial charge is 0.457 e.